The van der Waals surface area contributed by atoms with Crippen molar-refractivity contribution in [1.82, 2.24) is 15.0 Å². The maximum atomic E-state index is 11.8. The molecule has 0 spiro atoms. The van der Waals surface area contributed by atoms with Crippen molar-refractivity contribution in [2.75, 3.05) is 19.0 Å². The Morgan fingerprint density at radius 1 is 1.04 bits per heavy atom. The Balaban J connectivity index is 1.91. The van der Waals surface area contributed by atoms with Crippen molar-refractivity contribution in [2.24, 2.45) is 0 Å². The highest BCUT2D eigenvalue weighted by Gasteiger charge is 2.11. The van der Waals surface area contributed by atoms with Crippen LogP contribution < -0.4 is 5.32 Å². The predicted molar refractivity (Wildman–Crippen MR) is 103 cm³/mol. The summed E-state index contributed by atoms with van der Waals surface area (Å²) in [5.74, 6) is 0.195. The van der Waals surface area contributed by atoms with Crippen LogP contribution in [0.1, 0.15) is 29.4 Å². The van der Waals surface area contributed by atoms with E-state index in [9.17, 15) is 9.59 Å². The van der Waals surface area contributed by atoms with Gasteiger partial charge in [0.05, 0.1) is 5.69 Å². The number of Topliss-reactive ketones (excluding diaryl/α,β-unsaturated/α-hetero) is 1. The van der Waals surface area contributed by atoms with Crippen LogP contribution in [-0.4, -0.2) is 40.4 Å². The molecule has 0 saturated carbocycles. The number of amides is 1. The van der Waals surface area contributed by atoms with Gasteiger partial charge in [0.1, 0.15) is 18.1 Å². The number of ketones is 1. The topological polar surface area (TPSA) is 94.1 Å². The summed E-state index contributed by atoms with van der Waals surface area (Å²) in [5, 5.41) is 4.41. The molecule has 0 aliphatic heterocycles. The second kappa shape index (κ2) is 8.01. The van der Waals surface area contributed by atoms with Crippen LogP contribution in [0, 0.1) is 6.92 Å². The largest absolute Gasteiger partial charge is 0.375 e. The number of carbonyl (C=O) groups is 2. The molecular weight excluding hydrogens is 344 g/mol. The van der Waals surface area contributed by atoms with Crippen molar-refractivity contribution < 1.29 is 14.3 Å². The molecule has 3 aromatic rings. The van der Waals surface area contributed by atoms with E-state index in [4.69, 9.17) is 4.74 Å². The molecule has 7 nitrogen and oxygen atoms in total. The number of fused-ring (bicyclic) bond motifs is 1. The zero-order chi connectivity index (χ0) is 19.4. The van der Waals surface area contributed by atoms with E-state index in [-0.39, 0.29) is 18.3 Å². The van der Waals surface area contributed by atoms with Gasteiger partial charge in [-0.3, -0.25) is 19.6 Å². The number of rotatable bonds is 6. The molecule has 3 rings (SSSR count). The normalized spacial score (nSPS) is 10.8. The van der Waals surface area contributed by atoms with Gasteiger partial charge in [0.2, 0.25) is 0 Å². The van der Waals surface area contributed by atoms with Crippen molar-refractivity contribution >= 4 is 28.3 Å². The Labute approximate surface area is 156 Å². The van der Waals surface area contributed by atoms with Gasteiger partial charge in [-0.1, -0.05) is 6.92 Å². The minimum atomic E-state index is -0.266. The molecule has 1 amide bonds. The van der Waals surface area contributed by atoms with Gasteiger partial charge in [-0.2, -0.15) is 0 Å². The first kappa shape index (κ1) is 18.6. The number of methoxy groups -OCH3 is 1. The van der Waals surface area contributed by atoms with Gasteiger partial charge in [0, 0.05) is 48.5 Å². The Morgan fingerprint density at radius 2 is 1.78 bits per heavy atom. The molecule has 0 unspecified atom stereocenters. The second-order valence-electron chi connectivity index (χ2n) is 6.13. The summed E-state index contributed by atoms with van der Waals surface area (Å²) in [6, 6.07) is 5.46. The molecule has 0 radical (unpaired) electrons. The molecule has 138 valence electrons. The van der Waals surface area contributed by atoms with Crippen molar-refractivity contribution in [2.45, 2.75) is 20.3 Å². The maximum Gasteiger partial charge on any atom is 0.251 e. The smallest absolute Gasteiger partial charge is 0.251 e. The van der Waals surface area contributed by atoms with E-state index in [1.165, 1.54) is 7.11 Å². The van der Waals surface area contributed by atoms with E-state index in [1.54, 1.807) is 30.7 Å². The zero-order valence-corrected chi connectivity index (χ0v) is 15.4. The predicted octanol–water partition coefficient (Wildman–Crippen LogP) is 3.18. The summed E-state index contributed by atoms with van der Waals surface area (Å²) in [6.07, 6.45) is 5.51. The highest BCUT2D eigenvalue weighted by atomic mass is 16.5. The van der Waals surface area contributed by atoms with Gasteiger partial charge >= 0.3 is 0 Å². The summed E-state index contributed by atoms with van der Waals surface area (Å²) in [5.41, 5.74) is 3.02. The first-order valence-electron chi connectivity index (χ1n) is 8.56. The summed E-state index contributed by atoms with van der Waals surface area (Å²) in [6.45, 7) is 3.72. The van der Waals surface area contributed by atoms with E-state index in [1.807, 2.05) is 19.9 Å². The summed E-state index contributed by atoms with van der Waals surface area (Å²) < 4.78 is 4.79. The lowest BCUT2D eigenvalue weighted by Crippen LogP contribution is -2.17. The zero-order valence-electron chi connectivity index (χ0n) is 15.4. The fourth-order valence-corrected chi connectivity index (χ4v) is 2.72. The Hall–Kier alpha value is -3.19. The minimum Gasteiger partial charge on any atom is -0.375 e. The number of hydrogen-bond acceptors (Lipinski definition) is 6. The third-order valence-corrected chi connectivity index (χ3v) is 4.14. The molecule has 0 bridgehead atoms. The van der Waals surface area contributed by atoms with Gasteiger partial charge in [0.15, 0.2) is 5.78 Å². The second-order valence-corrected chi connectivity index (χ2v) is 6.13. The molecular formula is C20H20N4O3. The van der Waals surface area contributed by atoms with Gasteiger partial charge < -0.3 is 10.1 Å². The van der Waals surface area contributed by atoms with Gasteiger partial charge in [-0.05, 0) is 30.7 Å². The van der Waals surface area contributed by atoms with Crippen LogP contribution >= 0.6 is 0 Å². The van der Waals surface area contributed by atoms with E-state index in [0.717, 1.165) is 27.6 Å². The average molecular weight is 364 g/mol. The molecule has 0 aliphatic rings. The van der Waals surface area contributed by atoms with E-state index in [2.05, 4.69) is 20.3 Å². The minimum absolute atomic E-state index is 0.0170. The fourth-order valence-electron chi connectivity index (χ4n) is 2.72. The molecule has 3 aromatic heterocycles. The van der Waals surface area contributed by atoms with Crippen molar-refractivity contribution in [3.63, 3.8) is 0 Å². The van der Waals surface area contributed by atoms with Gasteiger partial charge in [-0.25, -0.2) is 4.98 Å². The Bertz CT molecular complexity index is 1020. The van der Waals surface area contributed by atoms with Crippen molar-refractivity contribution in [3.8, 4) is 11.3 Å². The van der Waals surface area contributed by atoms with E-state index < -0.39 is 0 Å². The lowest BCUT2D eigenvalue weighted by Gasteiger charge is -2.09. The molecule has 0 aliphatic carbocycles. The van der Waals surface area contributed by atoms with Gasteiger partial charge in [-0.15, -0.1) is 0 Å². The highest BCUT2D eigenvalue weighted by molar-refractivity contribution is 5.95. The van der Waals surface area contributed by atoms with Crippen LogP contribution in [0.25, 0.3) is 22.0 Å². The third kappa shape index (κ3) is 4.15. The summed E-state index contributed by atoms with van der Waals surface area (Å²) in [7, 11) is 1.46. The first-order chi connectivity index (χ1) is 13.0. The number of ether oxygens (including phenoxy) is 1. The SMILES string of the molecule is CCC(=O)c1cc(C)c(-c2cc3cnc(NC(=O)COC)cc3cn2)cn1. The van der Waals surface area contributed by atoms with Crippen LogP contribution in [0.2, 0.25) is 0 Å². The number of aromatic nitrogens is 3. The lowest BCUT2D eigenvalue weighted by molar-refractivity contribution is -0.119. The number of carbonyl (C=O) groups excluding carboxylic acids is 2. The number of nitrogens with zero attached hydrogens (tertiary/aromatic N) is 3. The quantitative estimate of drug-likeness (QED) is 0.675. The number of nitrogens with one attached hydrogen (secondary N) is 1. The molecule has 0 saturated heterocycles. The Kier molecular flexibility index (Phi) is 5.52. The monoisotopic (exact) mass is 364 g/mol. The van der Waals surface area contributed by atoms with Crippen LogP contribution in [0.3, 0.4) is 0 Å². The molecule has 7 heteroatoms. The number of aryl methyl sites for hydroxylation is 1. The van der Waals surface area contributed by atoms with Crippen LogP contribution in [0.5, 0.6) is 0 Å². The summed E-state index contributed by atoms with van der Waals surface area (Å²) in [4.78, 5) is 36.4. The van der Waals surface area contributed by atoms with E-state index in [0.29, 0.717) is 17.9 Å². The van der Waals surface area contributed by atoms with Gasteiger partial charge in [0.25, 0.3) is 5.91 Å². The molecule has 27 heavy (non-hydrogen) atoms. The van der Waals surface area contributed by atoms with Crippen LogP contribution in [0.15, 0.2) is 36.8 Å². The maximum absolute atomic E-state index is 11.8. The molecule has 0 fully saturated rings. The molecule has 3 heterocycles. The highest BCUT2D eigenvalue weighted by Crippen LogP contribution is 2.25. The lowest BCUT2D eigenvalue weighted by atomic mass is 10.0. The number of hydrogen-bond donors (Lipinski definition) is 1. The molecule has 0 atom stereocenters. The molecule has 1 N–H and O–H groups in total. The fraction of sp³-hybridized carbons (Fsp3) is 0.250. The summed E-state index contributed by atoms with van der Waals surface area (Å²) >= 11 is 0. The molecule has 0 aromatic carbocycles. The van der Waals surface area contributed by atoms with Crippen molar-refractivity contribution in [1.29, 1.82) is 0 Å². The average Bonchev–Trinajstić information content (AvgIpc) is 2.67. The van der Waals surface area contributed by atoms with Crippen LogP contribution in [0.4, 0.5) is 5.82 Å². The van der Waals surface area contributed by atoms with E-state index >= 15 is 0 Å². The number of anilines is 1. The van der Waals surface area contributed by atoms with Crippen LogP contribution in [-0.2, 0) is 9.53 Å². The standard InChI is InChI=1S/C20H20N4O3/c1-4-18(25)17-5-12(2)15(10-22-17)16-6-13-9-23-19(7-14(13)8-21-16)24-20(26)11-27-3/h5-10H,4,11H2,1-3H3,(H,23,24,26). The Morgan fingerprint density at radius 3 is 2.48 bits per heavy atom. The van der Waals surface area contributed by atoms with Crippen molar-refractivity contribution in [3.05, 3.63) is 48.0 Å². The number of pyridine rings is 3. The third-order valence-electron chi connectivity index (χ3n) is 4.14. The first-order valence-corrected chi connectivity index (χ1v) is 8.56.